The molecule has 0 saturated carbocycles. The Bertz CT molecular complexity index is 847. The topological polar surface area (TPSA) is 92.8 Å². The van der Waals surface area contributed by atoms with Crippen molar-refractivity contribution in [2.45, 2.75) is 13.8 Å². The molecule has 0 atom stereocenters. The average Bonchev–Trinajstić information content (AvgIpc) is 2.65. The van der Waals surface area contributed by atoms with Gasteiger partial charge in [0.2, 0.25) is 11.8 Å². The van der Waals surface area contributed by atoms with Gasteiger partial charge in [0.25, 0.3) is 0 Å². The van der Waals surface area contributed by atoms with Crippen molar-refractivity contribution >= 4 is 34.8 Å². The number of nitrogens with zero attached hydrogens (tertiary/aromatic N) is 2. The van der Waals surface area contributed by atoms with Crippen LogP contribution < -0.4 is 20.1 Å². The van der Waals surface area contributed by atoms with Crippen LogP contribution in [0.2, 0.25) is 5.15 Å². The molecule has 2 aromatic rings. The summed E-state index contributed by atoms with van der Waals surface area (Å²) in [4.78, 5) is 29.9. The molecule has 0 unspecified atom stereocenters. The Labute approximate surface area is 175 Å². The lowest BCUT2D eigenvalue weighted by atomic mass is 10.2. The smallest absolute Gasteiger partial charge is 0.238 e. The summed E-state index contributed by atoms with van der Waals surface area (Å²) in [7, 11) is 1.67. The monoisotopic (exact) mass is 420 g/mol. The predicted molar refractivity (Wildman–Crippen MR) is 113 cm³/mol. The van der Waals surface area contributed by atoms with Gasteiger partial charge >= 0.3 is 0 Å². The maximum absolute atomic E-state index is 12.3. The van der Waals surface area contributed by atoms with E-state index in [1.54, 1.807) is 42.3 Å². The van der Waals surface area contributed by atoms with Crippen LogP contribution in [0.1, 0.15) is 13.8 Å². The normalized spacial score (nSPS) is 10.5. The lowest BCUT2D eigenvalue weighted by Crippen LogP contribution is -2.36. The van der Waals surface area contributed by atoms with E-state index in [-0.39, 0.29) is 30.1 Å². The van der Waals surface area contributed by atoms with Gasteiger partial charge in [-0.05, 0) is 45.2 Å². The molecule has 8 nitrogen and oxygen atoms in total. The van der Waals surface area contributed by atoms with Crippen molar-refractivity contribution in [1.82, 2.24) is 9.88 Å². The Balaban J connectivity index is 1.88. The number of pyridine rings is 1. The highest BCUT2D eigenvalue weighted by Crippen LogP contribution is 2.30. The standard InChI is InChI=1S/C20H25ClN4O4/c1-4-28-16-9-8-14(11-17(16)29-5-2)23-18(26)12-25(3)13-19(27)24-15-7-6-10-22-20(15)21/h6-11H,4-5,12-13H2,1-3H3,(H,23,26)(H,24,27). The second-order valence-electron chi connectivity index (χ2n) is 6.14. The van der Waals surface area contributed by atoms with E-state index in [0.29, 0.717) is 36.1 Å². The zero-order valence-electron chi connectivity index (χ0n) is 16.7. The quantitative estimate of drug-likeness (QED) is 0.574. The third-order valence-corrected chi connectivity index (χ3v) is 3.99. The van der Waals surface area contributed by atoms with E-state index in [1.807, 2.05) is 13.8 Å². The molecule has 0 aliphatic carbocycles. The zero-order chi connectivity index (χ0) is 21.2. The largest absolute Gasteiger partial charge is 0.490 e. The minimum atomic E-state index is -0.296. The maximum atomic E-state index is 12.3. The minimum absolute atomic E-state index is 0.0200. The second-order valence-corrected chi connectivity index (χ2v) is 6.50. The number of aromatic nitrogens is 1. The second kappa shape index (κ2) is 11.2. The highest BCUT2D eigenvalue weighted by atomic mass is 35.5. The van der Waals surface area contributed by atoms with Crippen LogP contribution in [0.4, 0.5) is 11.4 Å². The molecule has 0 fully saturated rings. The molecule has 29 heavy (non-hydrogen) atoms. The van der Waals surface area contributed by atoms with E-state index in [2.05, 4.69) is 15.6 Å². The first kappa shape index (κ1) is 22.4. The van der Waals surface area contributed by atoms with Gasteiger partial charge < -0.3 is 20.1 Å². The first-order valence-corrected chi connectivity index (χ1v) is 9.59. The molecule has 156 valence electrons. The third-order valence-electron chi connectivity index (χ3n) is 3.69. The lowest BCUT2D eigenvalue weighted by molar-refractivity contribution is -0.119. The molecule has 9 heteroatoms. The molecule has 2 amide bonds. The number of likely N-dealkylation sites (N-methyl/N-ethyl adjacent to an activating group) is 1. The SMILES string of the molecule is CCOc1ccc(NC(=O)CN(C)CC(=O)Nc2cccnc2Cl)cc1OCC. The lowest BCUT2D eigenvalue weighted by Gasteiger charge is -2.17. The van der Waals surface area contributed by atoms with Crippen LogP contribution >= 0.6 is 11.6 Å². The van der Waals surface area contributed by atoms with E-state index in [0.717, 1.165) is 0 Å². The molecule has 1 aromatic carbocycles. The molecule has 0 aliphatic rings. The number of anilines is 2. The van der Waals surface area contributed by atoms with Gasteiger partial charge in [0, 0.05) is 18.0 Å². The Kier molecular flexibility index (Phi) is 8.69. The summed E-state index contributed by atoms with van der Waals surface area (Å²) in [6.07, 6.45) is 1.53. The molecule has 0 aliphatic heterocycles. The Morgan fingerprint density at radius 1 is 1.03 bits per heavy atom. The summed E-state index contributed by atoms with van der Waals surface area (Å²) in [6.45, 7) is 4.82. The van der Waals surface area contributed by atoms with Crippen LogP contribution in [0, 0.1) is 0 Å². The molecule has 1 aromatic heterocycles. The van der Waals surface area contributed by atoms with Crippen LogP contribution in [0.3, 0.4) is 0 Å². The van der Waals surface area contributed by atoms with Crippen LogP contribution in [-0.2, 0) is 9.59 Å². The fourth-order valence-corrected chi connectivity index (χ4v) is 2.71. The number of halogens is 1. The van der Waals surface area contributed by atoms with E-state index in [4.69, 9.17) is 21.1 Å². The van der Waals surface area contributed by atoms with Crippen LogP contribution in [-0.4, -0.2) is 55.0 Å². The number of carbonyl (C=O) groups excluding carboxylic acids is 2. The highest BCUT2D eigenvalue weighted by Gasteiger charge is 2.13. The third kappa shape index (κ3) is 7.24. The van der Waals surface area contributed by atoms with Crippen molar-refractivity contribution in [1.29, 1.82) is 0 Å². The molecule has 2 N–H and O–H groups in total. The number of ether oxygens (including phenoxy) is 2. The Morgan fingerprint density at radius 2 is 1.69 bits per heavy atom. The van der Waals surface area contributed by atoms with Gasteiger partial charge in [0.15, 0.2) is 16.7 Å². The van der Waals surface area contributed by atoms with E-state index in [9.17, 15) is 9.59 Å². The summed E-state index contributed by atoms with van der Waals surface area (Å²) in [5, 5.41) is 5.67. The number of rotatable bonds is 10. The molecule has 0 saturated heterocycles. The molecule has 0 spiro atoms. The molecule has 0 radical (unpaired) electrons. The van der Waals surface area contributed by atoms with Gasteiger partial charge in [0.1, 0.15) is 0 Å². The fourth-order valence-electron chi connectivity index (χ4n) is 2.54. The van der Waals surface area contributed by atoms with Crippen LogP contribution in [0.25, 0.3) is 0 Å². The van der Waals surface area contributed by atoms with E-state index < -0.39 is 0 Å². The first-order valence-electron chi connectivity index (χ1n) is 9.21. The highest BCUT2D eigenvalue weighted by molar-refractivity contribution is 6.32. The first-order chi connectivity index (χ1) is 13.9. The molecular formula is C20H25ClN4O4. The number of carbonyl (C=O) groups is 2. The van der Waals surface area contributed by atoms with Crippen molar-refractivity contribution in [3.8, 4) is 11.5 Å². The molecular weight excluding hydrogens is 396 g/mol. The summed E-state index contributed by atoms with van der Waals surface area (Å²) in [5.41, 5.74) is 1.01. The van der Waals surface area contributed by atoms with Crippen LogP contribution in [0.15, 0.2) is 36.5 Å². The number of nitrogens with one attached hydrogen (secondary N) is 2. The van der Waals surface area contributed by atoms with Crippen LogP contribution in [0.5, 0.6) is 11.5 Å². The number of hydrogen-bond acceptors (Lipinski definition) is 6. The Morgan fingerprint density at radius 3 is 2.34 bits per heavy atom. The van der Waals surface area contributed by atoms with E-state index in [1.165, 1.54) is 6.20 Å². The average molecular weight is 421 g/mol. The number of benzene rings is 1. The van der Waals surface area contributed by atoms with Gasteiger partial charge in [-0.25, -0.2) is 4.98 Å². The van der Waals surface area contributed by atoms with Gasteiger partial charge in [-0.2, -0.15) is 0 Å². The van der Waals surface area contributed by atoms with Crippen molar-refractivity contribution in [2.75, 3.05) is 44.0 Å². The van der Waals surface area contributed by atoms with E-state index >= 15 is 0 Å². The van der Waals surface area contributed by atoms with Crippen molar-refractivity contribution in [2.24, 2.45) is 0 Å². The Hall–Kier alpha value is -2.84. The number of amides is 2. The van der Waals surface area contributed by atoms with Crippen molar-refractivity contribution in [3.63, 3.8) is 0 Å². The van der Waals surface area contributed by atoms with Crippen molar-refractivity contribution in [3.05, 3.63) is 41.7 Å². The van der Waals surface area contributed by atoms with Gasteiger partial charge in [-0.3, -0.25) is 14.5 Å². The molecule has 0 bridgehead atoms. The fraction of sp³-hybridized carbons (Fsp3) is 0.350. The van der Waals surface area contributed by atoms with Gasteiger partial charge in [-0.1, -0.05) is 11.6 Å². The van der Waals surface area contributed by atoms with Crippen molar-refractivity contribution < 1.29 is 19.1 Å². The van der Waals surface area contributed by atoms with Gasteiger partial charge in [-0.15, -0.1) is 0 Å². The summed E-state index contributed by atoms with van der Waals surface area (Å²) < 4.78 is 11.1. The molecule has 2 rings (SSSR count). The maximum Gasteiger partial charge on any atom is 0.238 e. The number of hydrogen-bond donors (Lipinski definition) is 2. The minimum Gasteiger partial charge on any atom is -0.490 e. The summed E-state index contributed by atoms with van der Waals surface area (Å²) in [6, 6.07) is 8.53. The predicted octanol–water partition coefficient (Wildman–Crippen LogP) is 3.04. The zero-order valence-corrected chi connectivity index (χ0v) is 17.5. The molecule has 1 heterocycles. The summed E-state index contributed by atoms with van der Waals surface area (Å²) >= 11 is 5.92. The summed E-state index contributed by atoms with van der Waals surface area (Å²) in [5.74, 6) is 0.629. The van der Waals surface area contributed by atoms with Gasteiger partial charge in [0.05, 0.1) is 32.0 Å².